The number of nitrogens with zero attached hydrogens (tertiary/aromatic N) is 3. The molecule has 0 radical (unpaired) electrons. The Kier molecular flexibility index (Phi) is 4.46. The van der Waals surface area contributed by atoms with Gasteiger partial charge >= 0.3 is 0 Å². The molecule has 0 aliphatic heterocycles. The first-order valence-electron chi connectivity index (χ1n) is 5.73. The van der Waals surface area contributed by atoms with Crippen molar-refractivity contribution in [3.63, 3.8) is 0 Å². The zero-order valence-corrected chi connectivity index (χ0v) is 10.8. The molecule has 0 fully saturated rings. The Morgan fingerprint density at radius 3 is 3.11 bits per heavy atom. The van der Waals surface area contributed by atoms with Gasteiger partial charge in [0.2, 0.25) is 0 Å². The van der Waals surface area contributed by atoms with Crippen molar-refractivity contribution in [2.45, 2.75) is 13.0 Å². The lowest BCUT2D eigenvalue weighted by atomic mass is 10.2. The minimum Gasteiger partial charge on any atom is -0.352 e. The first kappa shape index (κ1) is 13.5. The van der Waals surface area contributed by atoms with E-state index in [-0.39, 0.29) is 10.7 Å². The third-order valence-electron chi connectivity index (χ3n) is 2.46. The summed E-state index contributed by atoms with van der Waals surface area (Å²) in [5.41, 5.74) is 0.0424. The van der Waals surface area contributed by atoms with Gasteiger partial charge in [-0.05, 0) is 18.6 Å². The molecule has 0 aliphatic carbocycles. The molecule has 0 aliphatic rings. The van der Waals surface area contributed by atoms with Crippen LogP contribution < -0.4 is 5.32 Å². The molecule has 5 nitrogen and oxygen atoms in total. The fourth-order valence-corrected chi connectivity index (χ4v) is 1.74. The number of aryl methyl sites for hydroxylation is 1. The molecule has 2 rings (SSSR count). The van der Waals surface area contributed by atoms with Crippen LogP contribution in [0.25, 0.3) is 0 Å². The lowest BCUT2D eigenvalue weighted by Crippen LogP contribution is -2.26. The molecule has 1 amide bonds. The van der Waals surface area contributed by atoms with Crippen molar-refractivity contribution >= 4 is 17.5 Å². The number of carbonyl (C=O) groups is 1. The topological polar surface area (TPSA) is 59.8 Å². The van der Waals surface area contributed by atoms with Crippen LogP contribution in [0.3, 0.4) is 0 Å². The van der Waals surface area contributed by atoms with E-state index < -0.39 is 11.7 Å². The van der Waals surface area contributed by atoms with Crippen molar-refractivity contribution in [1.82, 2.24) is 20.1 Å². The zero-order chi connectivity index (χ0) is 13.7. The van der Waals surface area contributed by atoms with Crippen molar-refractivity contribution in [2.75, 3.05) is 6.54 Å². The molecule has 0 atom stereocenters. The summed E-state index contributed by atoms with van der Waals surface area (Å²) in [4.78, 5) is 15.3. The summed E-state index contributed by atoms with van der Waals surface area (Å²) in [6, 6.07) is 2.90. The number of aromatic nitrogens is 3. The zero-order valence-electron chi connectivity index (χ0n) is 10.0. The van der Waals surface area contributed by atoms with Gasteiger partial charge < -0.3 is 5.32 Å². The molecule has 0 saturated heterocycles. The van der Waals surface area contributed by atoms with Gasteiger partial charge in [-0.3, -0.25) is 9.48 Å². The summed E-state index contributed by atoms with van der Waals surface area (Å²) in [6.45, 7) is 1.15. The molecule has 2 aromatic heterocycles. The second kappa shape index (κ2) is 6.29. The highest BCUT2D eigenvalue weighted by molar-refractivity contribution is 6.32. The number of pyridine rings is 1. The minimum absolute atomic E-state index is 0.00836. The van der Waals surface area contributed by atoms with Crippen molar-refractivity contribution in [3.05, 3.63) is 47.3 Å². The van der Waals surface area contributed by atoms with Gasteiger partial charge in [0, 0.05) is 25.5 Å². The van der Waals surface area contributed by atoms with Crippen LogP contribution in [-0.2, 0) is 6.54 Å². The number of hydrogen-bond acceptors (Lipinski definition) is 3. The number of nitrogens with one attached hydrogen (secondary N) is 1. The Bertz CT molecular complexity index is 559. The highest BCUT2D eigenvalue weighted by Gasteiger charge is 2.11. The van der Waals surface area contributed by atoms with E-state index in [2.05, 4.69) is 15.4 Å². The van der Waals surface area contributed by atoms with E-state index in [1.807, 2.05) is 12.3 Å². The number of rotatable bonds is 5. The van der Waals surface area contributed by atoms with E-state index >= 15 is 0 Å². The third kappa shape index (κ3) is 3.75. The fourth-order valence-electron chi connectivity index (χ4n) is 1.55. The summed E-state index contributed by atoms with van der Waals surface area (Å²) in [6.07, 6.45) is 5.22. The maximum Gasteiger partial charge on any atom is 0.254 e. The predicted octanol–water partition coefficient (Wildman–Crippen LogP) is 1.89. The number of halogens is 2. The summed E-state index contributed by atoms with van der Waals surface area (Å²) >= 11 is 5.73. The Morgan fingerprint density at radius 1 is 1.53 bits per heavy atom. The van der Waals surface area contributed by atoms with Gasteiger partial charge in [0.15, 0.2) is 0 Å². The monoisotopic (exact) mass is 282 g/mol. The van der Waals surface area contributed by atoms with Crippen LogP contribution in [0.15, 0.2) is 30.7 Å². The Labute approximate surface area is 114 Å². The van der Waals surface area contributed by atoms with Crippen molar-refractivity contribution in [2.24, 2.45) is 0 Å². The molecule has 100 valence electrons. The van der Waals surface area contributed by atoms with Crippen LogP contribution in [0.5, 0.6) is 0 Å². The molecule has 19 heavy (non-hydrogen) atoms. The molecular weight excluding hydrogens is 271 g/mol. The quantitative estimate of drug-likeness (QED) is 0.673. The van der Waals surface area contributed by atoms with Gasteiger partial charge in [-0.1, -0.05) is 11.6 Å². The van der Waals surface area contributed by atoms with Crippen LogP contribution in [0.1, 0.15) is 16.8 Å². The van der Waals surface area contributed by atoms with Crippen LogP contribution in [-0.4, -0.2) is 27.2 Å². The molecule has 2 aromatic rings. The van der Waals surface area contributed by atoms with E-state index in [0.29, 0.717) is 19.5 Å². The van der Waals surface area contributed by atoms with Crippen molar-refractivity contribution < 1.29 is 9.18 Å². The lowest BCUT2D eigenvalue weighted by Gasteiger charge is -2.06. The SMILES string of the molecule is O=C(NCCCn1cccn1)c1cc(F)cnc1Cl. The van der Waals surface area contributed by atoms with Gasteiger partial charge in [-0.25, -0.2) is 9.37 Å². The van der Waals surface area contributed by atoms with E-state index in [4.69, 9.17) is 11.6 Å². The third-order valence-corrected chi connectivity index (χ3v) is 2.76. The average molecular weight is 283 g/mol. The van der Waals surface area contributed by atoms with Crippen LogP contribution in [0, 0.1) is 5.82 Å². The average Bonchev–Trinajstić information content (AvgIpc) is 2.90. The second-order valence-electron chi connectivity index (χ2n) is 3.87. The van der Waals surface area contributed by atoms with E-state index in [1.54, 1.807) is 10.9 Å². The molecule has 7 heteroatoms. The molecule has 0 bridgehead atoms. The Morgan fingerprint density at radius 2 is 2.37 bits per heavy atom. The number of hydrogen-bond donors (Lipinski definition) is 1. The summed E-state index contributed by atoms with van der Waals surface area (Å²) in [5.74, 6) is -1.02. The maximum atomic E-state index is 13.0. The normalized spacial score (nSPS) is 10.4. The first-order valence-corrected chi connectivity index (χ1v) is 6.11. The number of carbonyl (C=O) groups excluding carboxylic acids is 1. The second-order valence-corrected chi connectivity index (χ2v) is 4.23. The largest absolute Gasteiger partial charge is 0.352 e. The number of amides is 1. The van der Waals surface area contributed by atoms with Gasteiger partial charge in [-0.15, -0.1) is 0 Å². The molecule has 2 heterocycles. The fraction of sp³-hybridized carbons (Fsp3) is 0.250. The van der Waals surface area contributed by atoms with Crippen LogP contribution >= 0.6 is 11.6 Å². The van der Waals surface area contributed by atoms with E-state index in [1.165, 1.54) is 0 Å². The maximum absolute atomic E-state index is 13.0. The smallest absolute Gasteiger partial charge is 0.254 e. The lowest BCUT2D eigenvalue weighted by molar-refractivity contribution is 0.0952. The van der Waals surface area contributed by atoms with E-state index in [0.717, 1.165) is 12.3 Å². The molecule has 0 spiro atoms. The summed E-state index contributed by atoms with van der Waals surface area (Å²) in [7, 11) is 0. The standard InChI is InChI=1S/C12H12ClFN4O/c13-11-10(7-9(14)8-16-11)12(19)15-3-1-5-18-6-2-4-17-18/h2,4,6-8H,1,3,5H2,(H,15,19). The molecule has 0 saturated carbocycles. The van der Waals surface area contributed by atoms with Crippen molar-refractivity contribution in [1.29, 1.82) is 0 Å². The van der Waals surface area contributed by atoms with Crippen LogP contribution in [0.2, 0.25) is 5.15 Å². The molecular formula is C12H12ClFN4O. The van der Waals surface area contributed by atoms with Crippen LogP contribution in [0.4, 0.5) is 4.39 Å². The first-order chi connectivity index (χ1) is 9.16. The molecule has 0 unspecified atom stereocenters. The van der Waals surface area contributed by atoms with E-state index in [9.17, 15) is 9.18 Å². The summed E-state index contributed by atoms with van der Waals surface area (Å²) in [5, 5.41) is 6.69. The molecule has 1 N–H and O–H groups in total. The molecule has 0 aromatic carbocycles. The van der Waals surface area contributed by atoms with Gasteiger partial charge in [0.05, 0.1) is 11.8 Å². The minimum atomic E-state index is -0.592. The Balaban J connectivity index is 1.82. The Hall–Kier alpha value is -1.95. The van der Waals surface area contributed by atoms with Crippen molar-refractivity contribution in [3.8, 4) is 0 Å². The summed E-state index contributed by atoms with van der Waals surface area (Å²) < 4.78 is 14.7. The highest BCUT2D eigenvalue weighted by atomic mass is 35.5. The predicted molar refractivity (Wildman–Crippen MR) is 68.4 cm³/mol. The van der Waals surface area contributed by atoms with Gasteiger partial charge in [0.25, 0.3) is 5.91 Å². The highest BCUT2D eigenvalue weighted by Crippen LogP contribution is 2.13. The van der Waals surface area contributed by atoms with Gasteiger partial charge in [-0.2, -0.15) is 5.10 Å². The van der Waals surface area contributed by atoms with Gasteiger partial charge in [0.1, 0.15) is 11.0 Å².